The number of likely N-dealkylation sites (N-methyl/N-ethyl adjacent to an activating group) is 1. The highest BCUT2D eigenvalue weighted by Gasteiger charge is 2.21. The third-order valence-electron chi connectivity index (χ3n) is 3.80. The number of nitrogens with two attached hydrogens (primary N) is 1. The van der Waals surface area contributed by atoms with Gasteiger partial charge in [-0.25, -0.2) is 0 Å². The Balaban J connectivity index is 2.16. The van der Waals surface area contributed by atoms with Crippen LogP contribution in [-0.4, -0.2) is 42.7 Å². The third kappa shape index (κ3) is 5.63. The Hall–Kier alpha value is -0.190. The van der Waals surface area contributed by atoms with Crippen molar-refractivity contribution < 1.29 is 4.74 Å². The molecule has 0 spiro atoms. The Morgan fingerprint density at radius 2 is 2.17 bits per heavy atom. The molecule has 0 saturated carbocycles. The molecule has 0 amide bonds. The monoisotopic (exact) mass is 272 g/mol. The normalized spacial score (nSPS) is 21.2. The molecule has 1 unspecified atom stereocenters. The van der Waals surface area contributed by atoms with Gasteiger partial charge in [-0.1, -0.05) is 26.1 Å². The van der Waals surface area contributed by atoms with Crippen LogP contribution in [0.15, 0.2) is 0 Å². The van der Waals surface area contributed by atoms with Crippen LogP contribution in [0.1, 0.15) is 46.0 Å². The van der Waals surface area contributed by atoms with Gasteiger partial charge in [0.1, 0.15) is 0 Å². The molecule has 3 nitrogen and oxygen atoms in total. The van der Waals surface area contributed by atoms with Crippen LogP contribution in [0.5, 0.6) is 0 Å². The van der Waals surface area contributed by atoms with E-state index < -0.39 is 0 Å². The Morgan fingerprint density at radius 1 is 1.44 bits per heavy atom. The lowest BCUT2D eigenvalue weighted by Gasteiger charge is -2.28. The van der Waals surface area contributed by atoms with E-state index in [1.807, 2.05) is 0 Å². The zero-order valence-corrected chi connectivity index (χ0v) is 12.9. The molecule has 18 heavy (non-hydrogen) atoms. The zero-order valence-electron chi connectivity index (χ0n) is 12.1. The number of hydrogen-bond donors (Lipinski definition) is 1. The minimum Gasteiger partial charge on any atom is -0.393 e. The van der Waals surface area contributed by atoms with Gasteiger partial charge in [0.2, 0.25) is 0 Å². The van der Waals surface area contributed by atoms with E-state index >= 15 is 0 Å². The maximum Gasteiger partial charge on any atom is 0.0784 e. The van der Waals surface area contributed by atoms with Crippen LogP contribution in [-0.2, 0) is 4.74 Å². The molecular weight excluding hydrogens is 244 g/mol. The van der Waals surface area contributed by atoms with Crippen LogP contribution < -0.4 is 5.73 Å². The summed E-state index contributed by atoms with van der Waals surface area (Å²) in [5.74, 6) is 0. The van der Waals surface area contributed by atoms with Crippen molar-refractivity contribution >= 4 is 17.2 Å². The zero-order chi connectivity index (χ0) is 13.6. The predicted molar refractivity (Wildman–Crippen MR) is 80.9 cm³/mol. The van der Waals surface area contributed by atoms with Crippen LogP contribution in [0.25, 0.3) is 0 Å². The standard InChI is InChI=1S/C14H28N2OS/c1-14(2,13(15)18)8-6-9-16(3)11-12-7-4-5-10-17-12/h12H,4-11H2,1-3H3,(H2,15,18). The SMILES string of the molecule is CN(CCCC(C)(C)C(N)=S)CC1CCCCO1. The van der Waals surface area contributed by atoms with Crippen LogP contribution in [0, 0.1) is 5.41 Å². The summed E-state index contributed by atoms with van der Waals surface area (Å²) in [6, 6.07) is 0. The highest BCUT2D eigenvalue weighted by atomic mass is 32.1. The van der Waals surface area contributed by atoms with E-state index in [0.29, 0.717) is 11.1 Å². The van der Waals surface area contributed by atoms with Crippen molar-refractivity contribution in [3.05, 3.63) is 0 Å². The minimum absolute atomic E-state index is 0.0164. The topological polar surface area (TPSA) is 38.5 Å². The summed E-state index contributed by atoms with van der Waals surface area (Å²) in [7, 11) is 2.17. The number of nitrogens with zero attached hydrogens (tertiary/aromatic N) is 1. The van der Waals surface area contributed by atoms with Gasteiger partial charge in [-0.15, -0.1) is 0 Å². The largest absolute Gasteiger partial charge is 0.393 e. The molecule has 1 rings (SSSR count). The molecule has 0 aromatic rings. The van der Waals surface area contributed by atoms with Gasteiger partial charge >= 0.3 is 0 Å². The van der Waals surface area contributed by atoms with Crippen molar-refractivity contribution in [2.75, 3.05) is 26.7 Å². The van der Waals surface area contributed by atoms with Gasteiger partial charge in [0.25, 0.3) is 0 Å². The van der Waals surface area contributed by atoms with Crippen molar-refractivity contribution in [2.24, 2.45) is 11.1 Å². The summed E-state index contributed by atoms with van der Waals surface area (Å²) in [5.41, 5.74) is 5.72. The van der Waals surface area contributed by atoms with E-state index in [9.17, 15) is 0 Å². The fraction of sp³-hybridized carbons (Fsp3) is 0.929. The van der Waals surface area contributed by atoms with E-state index in [1.54, 1.807) is 0 Å². The number of hydrogen-bond acceptors (Lipinski definition) is 3. The minimum atomic E-state index is -0.0164. The quantitative estimate of drug-likeness (QED) is 0.723. The summed E-state index contributed by atoms with van der Waals surface area (Å²) in [6.45, 7) is 7.32. The first kappa shape index (κ1) is 15.9. The molecule has 0 aromatic carbocycles. The molecule has 1 atom stereocenters. The molecule has 106 valence electrons. The lowest BCUT2D eigenvalue weighted by molar-refractivity contribution is -0.00175. The van der Waals surface area contributed by atoms with Gasteiger partial charge in [0, 0.05) is 18.6 Å². The first-order valence-electron chi connectivity index (χ1n) is 7.02. The van der Waals surface area contributed by atoms with Crippen LogP contribution in [0.4, 0.5) is 0 Å². The first-order valence-corrected chi connectivity index (χ1v) is 7.43. The average molecular weight is 272 g/mol. The second kappa shape index (κ2) is 7.41. The van der Waals surface area contributed by atoms with Crippen molar-refractivity contribution in [3.63, 3.8) is 0 Å². The van der Waals surface area contributed by atoms with E-state index in [2.05, 4.69) is 25.8 Å². The maximum absolute atomic E-state index is 5.75. The van der Waals surface area contributed by atoms with E-state index in [0.717, 1.165) is 32.5 Å². The average Bonchev–Trinajstić information content (AvgIpc) is 2.29. The highest BCUT2D eigenvalue weighted by molar-refractivity contribution is 7.80. The van der Waals surface area contributed by atoms with Gasteiger partial charge in [0.05, 0.1) is 11.1 Å². The lowest BCUT2D eigenvalue weighted by atomic mass is 9.88. The molecule has 0 aliphatic carbocycles. The summed E-state index contributed by atoms with van der Waals surface area (Å²) < 4.78 is 5.75. The van der Waals surface area contributed by atoms with Crippen LogP contribution >= 0.6 is 12.2 Å². The molecular formula is C14H28N2OS. The number of ether oxygens (including phenoxy) is 1. The molecule has 4 heteroatoms. The fourth-order valence-electron chi connectivity index (χ4n) is 2.30. The Bertz CT molecular complexity index is 263. The van der Waals surface area contributed by atoms with Gasteiger partial charge < -0.3 is 15.4 Å². The van der Waals surface area contributed by atoms with Crippen molar-refractivity contribution in [1.82, 2.24) is 4.90 Å². The molecule has 1 aliphatic rings. The first-order chi connectivity index (χ1) is 8.42. The van der Waals surface area contributed by atoms with Gasteiger partial charge in [0.15, 0.2) is 0 Å². The molecule has 0 radical (unpaired) electrons. The smallest absolute Gasteiger partial charge is 0.0784 e. The molecule has 1 saturated heterocycles. The molecule has 0 bridgehead atoms. The van der Waals surface area contributed by atoms with Crippen molar-refractivity contribution in [1.29, 1.82) is 0 Å². The van der Waals surface area contributed by atoms with Crippen LogP contribution in [0.3, 0.4) is 0 Å². The van der Waals surface area contributed by atoms with Crippen molar-refractivity contribution in [3.8, 4) is 0 Å². The molecule has 1 heterocycles. The summed E-state index contributed by atoms with van der Waals surface area (Å²) >= 11 is 5.09. The number of rotatable bonds is 7. The van der Waals surface area contributed by atoms with Crippen molar-refractivity contribution in [2.45, 2.75) is 52.1 Å². The maximum atomic E-state index is 5.75. The Kier molecular flexibility index (Phi) is 6.53. The van der Waals surface area contributed by atoms with Crippen LogP contribution in [0.2, 0.25) is 0 Å². The second-order valence-corrected chi connectivity index (χ2v) is 6.54. The molecule has 2 N–H and O–H groups in total. The predicted octanol–water partition coefficient (Wildman–Crippen LogP) is 2.58. The van der Waals surface area contributed by atoms with Gasteiger partial charge in [-0.3, -0.25) is 0 Å². The lowest BCUT2D eigenvalue weighted by Crippen LogP contribution is -2.35. The van der Waals surface area contributed by atoms with E-state index in [-0.39, 0.29) is 5.41 Å². The number of thiocarbonyl (C=S) groups is 1. The Morgan fingerprint density at radius 3 is 2.72 bits per heavy atom. The van der Waals surface area contributed by atoms with Gasteiger partial charge in [-0.05, 0) is 45.7 Å². The highest BCUT2D eigenvalue weighted by Crippen LogP contribution is 2.22. The summed E-state index contributed by atoms with van der Waals surface area (Å²) in [5, 5.41) is 0. The van der Waals surface area contributed by atoms with E-state index in [1.165, 1.54) is 19.3 Å². The third-order valence-corrected chi connectivity index (χ3v) is 4.35. The van der Waals surface area contributed by atoms with E-state index in [4.69, 9.17) is 22.7 Å². The Labute approximate surface area is 117 Å². The summed E-state index contributed by atoms with van der Waals surface area (Å²) in [6.07, 6.45) is 6.37. The summed E-state index contributed by atoms with van der Waals surface area (Å²) in [4.78, 5) is 2.99. The molecule has 1 aliphatic heterocycles. The fourth-order valence-corrected chi connectivity index (χ4v) is 2.41. The van der Waals surface area contributed by atoms with Gasteiger partial charge in [-0.2, -0.15) is 0 Å². The molecule has 0 aromatic heterocycles. The second-order valence-electron chi connectivity index (χ2n) is 6.10. The molecule has 1 fully saturated rings.